The number of rotatable bonds is 5. The molecule has 5 heteroatoms. The SMILES string of the molecule is CC1(C)CCCNC1C(=O)NCCCc1ncc[nH]1. The number of amides is 1. The number of aromatic amines is 1. The second-order valence-electron chi connectivity index (χ2n) is 5.91. The summed E-state index contributed by atoms with van der Waals surface area (Å²) in [4.78, 5) is 19.4. The summed E-state index contributed by atoms with van der Waals surface area (Å²) >= 11 is 0. The summed E-state index contributed by atoms with van der Waals surface area (Å²) in [5.41, 5.74) is 0.0450. The molecule has 0 saturated carbocycles. The first kappa shape index (κ1) is 14.1. The molecule has 1 aromatic heterocycles. The van der Waals surface area contributed by atoms with E-state index >= 15 is 0 Å². The van der Waals surface area contributed by atoms with Crippen LogP contribution in [0.4, 0.5) is 0 Å². The molecule has 2 heterocycles. The molecule has 1 unspecified atom stereocenters. The molecule has 1 aliphatic rings. The molecule has 1 fully saturated rings. The standard InChI is InChI=1S/C14H24N4O/c1-14(2)6-4-8-17-12(14)13(19)18-7-3-5-11-15-9-10-16-11/h9-10,12,17H,3-8H2,1-2H3,(H,15,16)(H,18,19). The molecule has 1 saturated heterocycles. The van der Waals surface area contributed by atoms with Gasteiger partial charge in [-0.3, -0.25) is 4.79 Å². The van der Waals surface area contributed by atoms with E-state index in [0.717, 1.165) is 38.1 Å². The molecule has 1 amide bonds. The number of imidazole rings is 1. The van der Waals surface area contributed by atoms with Gasteiger partial charge in [0.25, 0.3) is 0 Å². The quantitative estimate of drug-likeness (QED) is 0.701. The monoisotopic (exact) mass is 264 g/mol. The van der Waals surface area contributed by atoms with Crippen molar-refractivity contribution < 1.29 is 4.79 Å². The molecule has 2 rings (SSSR count). The van der Waals surface area contributed by atoms with Gasteiger partial charge in [-0.25, -0.2) is 4.98 Å². The maximum absolute atomic E-state index is 12.2. The van der Waals surface area contributed by atoms with Crippen LogP contribution in [0.1, 0.15) is 38.9 Å². The van der Waals surface area contributed by atoms with Gasteiger partial charge in [0.15, 0.2) is 0 Å². The molecule has 5 nitrogen and oxygen atoms in total. The summed E-state index contributed by atoms with van der Waals surface area (Å²) in [6, 6.07) is -0.0649. The van der Waals surface area contributed by atoms with Crippen LogP contribution in [-0.2, 0) is 11.2 Å². The third kappa shape index (κ3) is 3.80. The summed E-state index contributed by atoms with van der Waals surface area (Å²) in [7, 11) is 0. The molecule has 0 aromatic carbocycles. The van der Waals surface area contributed by atoms with Crippen LogP contribution in [0.2, 0.25) is 0 Å². The zero-order valence-electron chi connectivity index (χ0n) is 11.8. The van der Waals surface area contributed by atoms with Crippen molar-refractivity contribution in [2.75, 3.05) is 13.1 Å². The number of hydrogen-bond acceptors (Lipinski definition) is 3. The Kier molecular flexibility index (Phi) is 4.58. The van der Waals surface area contributed by atoms with Gasteiger partial charge < -0.3 is 15.6 Å². The summed E-state index contributed by atoms with van der Waals surface area (Å²) in [5, 5.41) is 6.36. The highest BCUT2D eigenvalue weighted by molar-refractivity contribution is 5.82. The molecule has 3 N–H and O–H groups in total. The van der Waals surface area contributed by atoms with Crippen molar-refractivity contribution in [3.05, 3.63) is 18.2 Å². The Morgan fingerprint density at radius 3 is 3.11 bits per heavy atom. The Morgan fingerprint density at radius 2 is 2.42 bits per heavy atom. The largest absolute Gasteiger partial charge is 0.355 e. The number of carbonyl (C=O) groups is 1. The maximum Gasteiger partial charge on any atom is 0.237 e. The van der Waals surface area contributed by atoms with Crippen molar-refractivity contribution in [2.24, 2.45) is 5.41 Å². The average Bonchev–Trinajstić information content (AvgIpc) is 2.87. The van der Waals surface area contributed by atoms with E-state index in [-0.39, 0.29) is 17.4 Å². The second-order valence-corrected chi connectivity index (χ2v) is 5.91. The highest BCUT2D eigenvalue weighted by atomic mass is 16.2. The number of nitrogens with one attached hydrogen (secondary N) is 3. The number of nitrogens with zero attached hydrogens (tertiary/aromatic N) is 1. The molecule has 1 atom stereocenters. The molecular weight excluding hydrogens is 240 g/mol. The number of aryl methyl sites for hydroxylation is 1. The highest BCUT2D eigenvalue weighted by Crippen LogP contribution is 2.29. The van der Waals surface area contributed by atoms with Gasteiger partial charge in [0, 0.05) is 25.4 Å². The topological polar surface area (TPSA) is 69.8 Å². The minimum Gasteiger partial charge on any atom is -0.355 e. The average molecular weight is 264 g/mol. The fourth-order valence-corrected chi connectivity index (χ4v) is 2.66. The molecule has 0 aliphatic carbocycles. The van der Waals surface area contributed by atoms with Crippen LogP contribution in [-0.4, -0.2) is 35.0 Å². The van der Waals surface area contributed by atoms with Gasteiger partial charge in [0.1, 0.15) is 5.82 Å². The molecule has 0 bridgehead atoms. The first-order valence-electron chi connectivity index (χ1n) is 7.09. The summed E-state index contributed by atoms with van der Waals surface area (Å²) in [6.07, 6.45) is 7.60. The fourth-order valence-electron chi connectivity index (χ4n) is 2.66. The van der Waals surface area contributed by atoms with Crippen molar-refractivity contribution >= 4 is 5.91 Å². The summed E-state index contributed by atoms with van der Waals surface area (Å²) < 4.78 is 0. The van der Waals surface area contributed by atoms with Gasteiger partial charge in [-0.05, 0) is 31.2 Å². The van der Waals surface area contributed by atoms with Crippen LogP contribution in [0, 0.1) is 5.41 Å². The lowest BCUT2D eigenvalue weighted by atomic mass is 9.77. The first-order valence-corrected chi connectivity index (χ1v) is 7.09. The first-order chi connectivity index (χ1) is 9.09. The zero-order chi connectivity index (χ0) is 13.7. The molecule has 1 aliphatic heterocycles. The number of aromatic nitrogens is 2. The van der Waals surface area contributed by atoms with E-state index in [1.807, 2.05) is 6.20 Å². The fraction of sp³-hybridized carbons (Fsp3) is 0.714. The Morgan fingerprint density at radius 1 is 1.58 bits per heavy atom. The van der Waals surface area contributed by atoms with E-state index in [0.29, 0.717) is 6.54 Å². The van der Waals surface area contributed by atoms with Crippen molar-refractivity contribution in [1.29, 1.82) is 0 Å². The van der Waals surface area contributed by atoms with Crippen LogP contribution < -0.4 is 10.6 Å². The predicted octanol–water partition coefficient (Wildman–Crippen LogP) is 1.24. The normalized spacial score (nSPS) is 22.1. The number of piperidine rings is 1. The lowest BCUT2D eigenvalue weighted by Gasteiger charge is -2.38. The molecular formula is C14H24N4O. The third-order valence-corrected chi connectivity index (χ3v) is 3.83. The van der Waals surface area contributed by atoms with Crippen molar-refractivity contribution in [1.82, 2.24) is 20.6 Å². The number of carbonyl (C=O) groups excluding carboxylic acids is 1. The van der Waals surface area contributed by atoms with Gasteiger partial charge in [-0.15, -0.1) is 0 Å². The van der Waals surface area contributed by atoms with Crippen molar-refractivity contribution in [3.63, 3.8) is 0 Å². The van der Waals surface area contributed by atoms with Crippen molar-refractivity contribution in [3.8, 4) is 0 Å². The molecule has 19 heavy (non-hydrogen) atoms. The van der Waals surface area contributed by atoms with Crippen LogP contribution in [0.15, 0.2) is 12.4 Å². The van der Waals surface area contributed by atoms with E-state index < -0.39 is 0 Å². The van der Waals surface area contributed by atoms with Gasteiger partial charge in [0.2, 0.25) is 5.91 Å². The summed E-state index contributed by atoms with van der Waals surface area (Å²) in [5.74, 6) is 1.11. The van der Waals surface area contributed by atoms with Gasteiger partial charge >= 0.3 is 0 Å². The van der Waals surface area contributed by atoms with Crippen LogP contribution >= 0.6 is 0 Å². The second kappa shape index (κ2) is 6.19. The van der Waals surface area contributed by atoms with Crippen LogP contribution in [0.3, 0.4) is 0 Å². The van der Waals surface area contributed by atoms with E-state index in [2.05, 4.69) is 34.4 Å². The molecule has 1 aromatic rings. The predicted molar refractivity (Wildman–Crippen MR) is 74.7 cm³/mol. The minimum absolute atomic E-state index is 0.0450. The Bertz CT molecular complexity index is 400. The van der Waals surface area contributed by atoms with E-state index in [4.69, 9.17) is 0 Å². The Labute approximate surface area is 114 Å². The molecule has 106 valence electrons. The maximum atomic E-state index is 12.2. The Balaban J connectivity index is 1.71. The van der Waals surface area contributed by atoms with E-state index in [1.54, 1.807) is 6.20 Å². The summed E-state index contributed by atoms with van der Waals surface area (Å²) in [6.45, 7) is 5.96. The number of H-pyrrole nitrogens is 1. The lowest BCUT2D eigenvalue weighted by Crippen LogP contribution is -2.55. The Hall–Kier alpha value is -1.36. The minimum atomic E-state index is -0.0649. The van der Waals surface area contributed by atoms with Gasteiger partial charge in [0.05, 0.1) is 6.04 Å². The van der Waals surface area contributed by atoms with Gasteiger partial charge in [-0.2, -0.15) is 0 Å². The van der Waals surface area contributed by atoms with E-state index in [9.17, 15) is 4.79 Å². The van der Waals surface area contributed by atoms with Gasteiger partial charge in [-0.1, -0.05) is 13.8 Å². The third-order valence-electron chi connectivity index (χ3n) is 3.83. The zero-order valence-corrected chi connectivity index (χ0v) is 11.8. The van der Waals surface area contributed by atoms with Crippen LogP contribution in [0.25, 0.3) is 0 Å². The smallest absolute Gasteiger partial charge is 0.237 e. The van der Waals surface area contributed by atoms with Crippen LogP contribution in [0.5, 0.6) is 0 Å². The molecule has 0 spiro atoms. The highest BCUT2D eigenvalue weighted by Gasteiger charge is 2.36. The number of hydrogen-bond donors (Lipinski definition) is 3. The van der Waals surface area contributed by atoms with Crippen molar-refractivity contribution in [2.45, 2.75) is 45.6 Å². The van der Waals surface area contributed by atoms with E-state index in [1.165, 1.54) is 0 Å². The lowest BCUT2D eigenvalue weighted by molar-refractivity contribution is -0.126. The molecule has 0 radical (unpaired) electrons.